The van der Waals surface area contributed by atoms with Crippen LogP contribution in [0.5, 0.6) is 0 Å². The second-order valence-corrected chi connectivity index (χ2v) is 7.63. The van der Waals surface area contributed by atoms with Gasteiger partial charge in [0, 0.05) is 24.5 Å². The summed E-state index contributed by atoms with van der Waals surface area (Å²) in [6.45, 7) is 4.50. The molecule has 1 amide bonds. The van der Waals surface area contributed by atoms with Gasteiger partial charge in [-0.25, -0.2) is 9.37 Å². The van der Waals surface area contributed by atoms with E-state index >= 15 is 0 Å². The molecular weight excluding hydrogens is 367 g/mol. The van der Waals surface area contributed by atoms with Crippen molar-refractivity contribution < 1.29 is 9.18 Å². The van der Waals surface area contributed by atoms with Crippen molar-refractivity contribution in [3.8, 4) is 11.1 Å². The van der Waals surface area contributed by atoms with Crippen LogP contribution in [0.4, 0.5) is 10.1 Å². The molecule has 0 unspecified atom stereocenters. The maximum absolute atomic E-state index is 13.4. The topological polar surface area (TPSA) is 61.0 Å². The Balaban J connectivity index is 1.36. The third-order valence-corrected chi connectivity index (χ3v) is 5.49. The van der Waals surface area contributed by atoms with Crippen LogP contribution < -0.4 is 5.32 Å². The van der Waals surface area contributed by atoms with E-state index in [1.165, 1.54) is 12.1 Å². The Hall–Kier alpha value is -2.99. The molecule has 1 aliphatic rings. The molecule has 0 saturated carbocycles. The summed E-state index contributed by atoms with van der Waals surface area (Å²) in [7, 11) is 0. The van der Waals surface area contributed by atoms with Gasteiger partial charge in [-0.3, -0.25) is 9.69 Å². The van der Waals surface area contributed by atoms with Gasteiger partial charge in [-0.05, 0) is 61.7 Å². The number of halogens is 1. The summed E-state index contributed by atoms with van der Waals surface area (Å²) >= 11 is 0. The fourth-order valence-corrected chi connectivity index (χ4v) is 3.83. The highest BCUT2D eigenvalue weighted by Crippen LogP contribution is 2.24. The van der Waals surface area contributed by atoms with E-state index in [1.54, 1.807) is 12.4 Å². The second-order valence-electron chi connectivity index (χ2n) is 7.63. The van der Waals surface area contributed by atoms with Crippen molar-refractivity contribution >= 4 is 11.6 Å². The lowest BCUT2D eigenvalue weighted by molar-refractivity contribution is -0.121. The van der Waals surface area contributed by atoms with Crippen LogP contribution in [-0.2, 0) is 11.3 Å². The summed E-state index contributed by atoms with van der Waals surface area (Å²) in [5.41, 5.74) is 4.62. The zero-order valence-corrected chi connectivity index (χ0v) is 16.5. The first-order valence-electron chi connectivity index (χ1n) is 9.96. The molecule has 2 aromatic carbocycles. The summed E-state index contributed by atoms with van der Waals surface area (Å²) in [5, 5.41) is 3.03. The molecule has 0 bridgehead atoms. The number of aromatic amines is 1. The van der Waals surface area contributed by atoms with E-state index in [9.17, 15) is 9.18 Å². The van der Waals surface area contributed by atoms with Crippen molar-refractivity contribution in [2.75, 3.05) is 18.4 Å². The van der Waals surface area contributed by atoms with Gasteiger partial charge in [-0.1, -0.05) is 24.3 Å². The number of nitrogens with zero attached hydrogens (tertiary/aromatic N) is 2. The molecule has 2 N–H and O–H groups in total. The number of carbonyl (C=O) groups is 1. The number of aryl methyl sites for hydroxylation is 1. The van der Waals surface area contributed by atoms with Crippen LogP contribution in [0.1, 0.15) is 24.2 Å². The minimum Gasteiger partial charge on any atom is -0.348 e. The highest BCUT2D eigenvalue weighted by molar-refractivity contribution is 5.93. The van der Waals surface area contributed by atoms with Crippen molar-refractivity contribution in [1.29, 1.82) is 0 Å². The van der Waals surface area contributed by atoms with Gasteiger partial charge in [-0.15, -0.1) is 0 Å². The molecule has 4 rings (SSSR count). The highest BCUT2D eigenvalue weighted by atomic mass is 19.1. The number of imidazole rings is 1. The Labute approximate surface area is 170 Å². The fraction of sp³-hybridized carbons (Fsp3) is 0.304. The van der Waals surface area contributed by atoms with Crippen LogP contribution >= 0.6 is 0 Å². The van der Waals surface area contributed by atoms with Gasteiger partial charge >= 0.3 is 0 Å². The molecule has 1 aromatic heterocycles. The van der Waals surface area contributed by atoms with Gasteiger partial charge in [0.2, 0.25) is 5.91 Å². The summed E-state index contributed by atoms with van der Waals surface area (Å²) < 4.78 is 13.4. The number of rotatable bonds is 5. The number of piperidine rings is 1. The van der Waals surface area contributed by atoms with E-state index in [4.69, 9.17) is 0 Å². The molecule has 1 atom stereocenters. The Morgan fingerprint density at radius 3 is 2.79 bits per heavy atom. The molecule has 1 fully saturated rings. The van der Waals surface area contributed by atoms with Gasteiger partial charge in [0.1, 0.15) is 5.82 Å². The summed E-state index contributed by atoms with van der Waals surface area (Å²) in [5.74, 6) is -0.246. The Morgan fingerprint density at radius 2 is 2.07 bits per heavy atom. The first-order valence-corrected chi connectivity index (χ1v) is 9.96. The average molecular weight is 392 g/mol. The van der Waals surface area contributed by atoms with Gasteiger partial charge in [0.25, 0.3) is 0 Å². The zero-order chi connectivity index (χ0) is 20.2. The van der Waals surface area contributed by atoms with Crippen molar-refractivity contribution in [2.24, 2.45) is 5.92 Å². The van der Waals surface area contributed by atoms with Crippen LogP contribution in [-0.4, -0.2) is 33.9 Å². The van der Waals surface area contributed by atoms with Gasteiger partial charge in [-0.2, -0.15) is 0 Å². The molecule has 150 valence electrons. The molecule has 6 heteroatoms. The molecule has 5 nitrogen and oxygen atoms in total. The number of likely N-dealkylation sites (tertiary alicyclic amines) is 1. The number of hydrogen-bond donors (Lipinski definition) is 2. The number of benzene rings is 2. The van der Waals surface area contributed by atoms with Crippen molar-refractivity contribution in [1.82, 2.24) is 14.9 Å². The fourth-order valence-electron chi connectivity index (χ4n) is 3.83. The third-order valence-electron chi connectivity index (χ3n) is 5.49. The van der Waals surface area contributed by atoms with Gasteiger partial charge in [0.05, 0.1) is 17.9 Å². The minimum absolute atomic E-state index is 0.0362. The number of nitrogens with one attached hydrogen (secondary N) is 2. The number of anilines is 1. The predicted octanol–water partition coefficient (Wildman–Crippen LogP) is 4.37. The van der Waals surface area contributed by atoms with Crippen LogP contribution in [0.3, 0.4) is 0 Å². The molecule has 0 radical (unpaired) electrons. The van der Waals surface area contributed by atoms with E-state index < -0.39 is 0 Å². The van der Waals surface area contributed by atoms with E-state index in [2.05, 4.69) is 20.2 Å². The lowest BCUT2D eigenvalue weighted by Crippen LogP contribution is -2.40. The number of aromatic nitrogens is 2. The first kappa shape index (κ1) is 19.3. The van der Waals surface area contributed by atoms with Crippen LogP contribution in [0.15, 0.2) is 54.9 Å². The molecule has 2 heterocycles. The Morgan fingerprint density at radius 1 is 1.24 bits per heavy atom. The second kappa shape index (κ2) is 8.57. The van der Waals surface area contributed by atoms with Crippen molar-refractivity contribution in [3.05, 3.63) is 72.1 Å². The number of carbonyl (C=O) groups excluding carboxylic acids is 1. The SMILES string of the molecule is Cc1[nH]cnc1CN1CCC[C@H](C(=O)Nc2ccc(-c3cccc(F)c3)cc2)C1. The standard InChI is InChI=1S/C23H25FN4O/c1-16-22(26-15-25-16)14-28-11-3-5-19(13-28)23(29)27-21-9-7-17(8-10-21)18-4-2-6-20(24)12-18/h2,4,6-10,12,15,19H,3,5,11,13-14H2,1H3,(H,25,26)(H,27,29)/t19-/m0/s1. The van der Waals surface area contributed by atoms with Gasteiger partial charge < -0.3 is 10.3 Å². The molecule has 1 aliphatic heterocycles. The predicted molar refractivity (Wildman–Crippen MR) is 112 cm³/mol. The maximum atomic E-state index is 13.4. The quantitative estimate of drug-likeness (QED) is 0.678. The molecule has 0 spiro atoms. The van der Waals surface area contributed by atoms with E-state index in [-0.39, 0.29) is 17.6 Å². The smallest absolute Gasteiger partial charge is 0.228 e. The molecule has 1 saturated heterocycles. The lowest BCUT2D eigenvalue weighted by Gasteiger charge is -2.31. The maximum Gasteiger partial charge on any atom is 0.228 e. The Kier molecular flexibility index (Phi) is 5.71. The minimum atomic E-state index is -0.258. The molecule has 0 aliphatic carbocycles. The van der Waals surface area contributed by atoms with Gasteiger partial charge in [0.15, 0.2) is 0 Å². The first-order chi connectivity index (χ1) is 14.1. The third kappa shape index (κ3) is 4.71. The normalized spacial score (nSPS) is 17.2. The monoisotopic (exact) mass is 392 g/mol. The van der Waals surface area contributed by atoms with Crippen molar-refractivity contribution in [3.63, 3.8) is 0 Å². The van der Waals surface area contributed by atoms with E-state index in [1.807, 2.05) is 37.3 Å². The zero-order valence-electron chi connectivity index (χ0n) is 16.5. The largest absolute Gasteiger partial charge is 0.348 e. The number of H-pyrrole nitrogens is 1. The van der Waals surface area contributed by atoms with E-state index in [0.29, 0.717) is 0 Å². The molecule has 3 aromatic rings. The van der Waals surface area contributed by atoms with Crippen LogP contribution in [0, 0.1) is 18.7 Å². The average Bonchev–Trinajstić information content (AvgIpc) is 3.13. The van der Waals surface area contributed by atoms with Crippen LogP contribution in [0.2, 0.25) is 0 Å². The molecular formula is C23H25FN4O. The summed E-state index contributed by atoms with van der Waals surface area (Å²) in [6.07, 6.45) is 3.61. The van der Waals surface area contributed by atoms with Crippen LogP contribution in [0.25, 0.3) is 11.1 Å². The number of amides is 1. The van der Waals surface area contributed by atoms with Crippen molar-refractivity contribution in [2.45, 2.75) is 26.3 Å². The summed E-state index contributed by atoms with van der Waals surface area (Å²) in [4.78, 5) is 22.5. The summed E-state index contributed by atoms with van der Waals surface area (Å²) in [6, 6.07) is 14.0. The number of hydrogen-bond acceptors (Lipinski definition) is 3. The molecule has 29 heavy (non-hydrogen) atoms. The lowest BCUT2D eigenvalue weighted by atomic mass is 9.96. The Bertz CT molecular complexity index is 983. The highest BCUT2D eigenvalue weighted by Gasteiger charge is 2.26. The van der Waals surface area contributed by atoms with E-state index in [0.717, 1.165) is 60.7 Å².